The molecule has 0 bridgehead atoms. The molecule has 2 aromatic heterocycles. The number of fused-ring (bicyclic) bond motifs is 1. The fourth-order valence-corrected chi connectivity index (χ4v) is 2.95. The van der Waals surface area contributed by atoms with Gasteiger partial charge in [-0.2, -0.15) is 0 Å². The van der Waals surface area contributed by atoms with Crippen LogP contribution in [0.4, 0.5) is 0 Å². The van der Waals surface area contributed by atoms with Crippen LogP contribution in [-0.2, 0) is 11.2 Å². The summed E-state index contributed by atoms with van der Waals surface area (Å²) in [5.41, 5.74) is 1.66. The smallest absolute Gasteiger partial charge is 0.257 e. The first-order valence-electron chi connectivity index (χ1n) is 8.66. The molecule has 7 heteroatoms. The molecule has 134 valence electrons. The average molecular weight is 344 g/mol. The van der Waals surface area contributed by atoms with Crippen molar-refractivity contribution in [2.24, 2.45) is 5.41 Å². The minimum atomic E-state index is -0.498. The van der Waals surface area contributed by atoms with Gasteiger partial charge in [0, 0.05) is 12.7 Å². The lowest BCUT2D eigenvalue weighted by Gasteiger charge is -2.16. The summed E-state index contributed by atoms with van der Waals surface area (Å²) in [7, 11) is 0. The van der Waals surface area contributed by atoms with E-state index in [1.165, 1.54) is 6.20 Å². The molecule has 1 fully saturated rings. The van der Waals surface area contributed by atoms with Gasteiger partial charge in [0.2, 0.25) is 5.91 Å². The predicted molar refractivity (Wildman–Crippen MR) is 93.1 cm³/mol. The van der Waals surface area contributed by atoms with Gasteiger partial charge in [-0.15, -0.1) is 0 Å². The number of aromatic nitrogens is 2. The molecule has 0 radical (unpaired) electrons. The topological polar surface area (TPSA) is 97.1 Å². The van der Waals surface area contributed by atoms with Crippen molar-refractivity contribution in [1.29, 1.82) is 0 Å². The number of hydrogen-bond donors (Lipinski definition) is 2. The van der Waals surface area contributed by atoms with Gasteiger partial charge in [-0.1, -0.05) is 25.9 Å². The van der Waals surface area contributed by atoms with Gasteiger partial charge in [0.15, 0.2) is 0 Å². The number of pyridine rings is 1. The Morgan fingerprint density at radius 2 is 2.20 bits per heavy atom. The van der Waals surface area contributed by atoms with E-state index < -0.39 is 6.04 Å². The van der Waals surface area contributed by atoms with Crippen LogP contribution in [0.3, 0.4) is 0 Å². The molecule has 25 heavy (non-hydrogen) atoms. The monoisotopic (exact) mass is 344 g/mol. The number of amides is 2. The van der Waals surface area contributed by atoms with E-state index in [4.69, 9.17) is 4.52 Å². The van der Waals surface area contributed by atoms with E-state index in [1.807, 2.05) is 0 Å². The summed E-state index contributed by atoms with van der Waals surface area (Å²) in [4.78, 5) is 28.7. The number of carbonyl (C=O) groups is 2. The molecule has 1 unspecified atom stereocenters. The minimum absolute atomic E-state index is 0.0422. The van der Waals surface area contributed by atoms with Crippen molar-refractivity contribution < 1.29 is 14.1 Å². The van der Waals surface area contributed by atoms with Crippen LogP contribution in [-0.4, -0.2) is 34.5 Å². The maximum Gasteiger partial charge on any atom is 0.257 e. The van der Waals surface area contributed by atoms with Crippen molar-refractivity contribution in [3.8, 4) is 0 Å². The minimum Gasteiger partial charge on any atom is -0.354 e. The van der Waals surface area contributed by atoms with Gasteiger partial charge in [0.1, 0.15) is 6.04 Å². The lowest BCUT2D eigenvalue weighted by Crippen LogP contribution is -2.45. The lowest BCUT2D eigenvalue weighted by molar-refractivity contribution is -0.122. The fraction of sp³-hybridized carbons (Fsp3) is 0.556. The van der Waals surface area contributed by atoms with Crippen LogP contribution in [0, 0.1) is 5.41 Å². The molecule has 0 spiro atoms. The molecule has 1 aliphatic rings. The van der Waals surface area contributed by atoms with Gasteiger partial charge >= 0.3 is 0 Å². The number of carbonyl (C=O) groups excluding carboxylic acids is 2. The Hall–Kier alpha value is -2.44. The lowest BCUT2D eigenvalue weighted by atomic mass is 9.90. The van der Waals surface area contributed by atoms with Crippen molar-refractivity contribution >= 4 is 22.9 Å². The predicted octanol–water partition coefficient (Wildman–Crippen LogP) is 2.21. The van der Waals surface area contributed by atoms with E-state index in [1.54, 1.807) is 6.07 Å². The first kappa shape index (κ1) is 17.4. The summed E-state index contributed by atoms with van der Waals surface area (Å²) < 4.78 is 5.26. The van der Waals surface area contributed by atoms with Crippen LogP contribution in [0.2, 0.25) is 0 Å². The molecule has 2 N–H and O–H groups in total. The van der Waals surface area contributed by atoms with Gasteiger partial charge in [-0.05, 0) is 37.2 Å². The second kappa shape index (κ2) is 6.82. The zero-order valence-electron chi connectivity index (χ0n) is 14.9. The van der Waals surface area contributed by atoms with Crippen LogP contribution in [0.5, 0.6) is 0 Å². The molecular formula is C18H24N4O3. The van der Waals surface area contributed by atoms with Crippen molar-refractivity contribution in [1.82, 2.24) is 20.8 Å². The fourth-order valence-electron chi connectivity index (χ4n) is 2.95. The Bertz CT molecular complexity index is 791. The second-order valence-electron chi connectivity index (χ2n) is 7.76. The Kier molecular flexibility index (Phi) is 4.74. The normalized spacial score (nSPS) is 18.7. The quantitative estimate of drug-likeness (QED) is 0.890. The first-order valence-corrected chi connectivity index (χ1v) is 8.66. The Morgan fingerprint density at radius 3 is 2.96 bits per heavy atom. The van der Waals surface area contributed by atoms with E-state index in [2.05, 4.69) is 41.5 Å². The number of nitrogens with zero attached hydrogens (tertiary/aromatic N) is 2. The third-order valence-electron chi connectivity index (χ3n) is 4.20. The largest absolute Gasteiger partial charge is 0.354 e. The molecule has 1 atom stereocenters. The zero-order chi connectivity index (χ0) is 18.0. The first-order chi connectivity index (χ1) is 11.8. The van der Waals surface area contributed by atoms with Gasteiger partial charge in [-0.3, -0.25) is 9.59 Å². The standard InChI is InChI=1S/C18H24N4O3/c1-18(2,3)9-14-12-8-11(10-20-17(12)25-22-14)15(23)21-13-6-4-5-7-19-16(13)24/h8,10,13H,4-7,9H2,1-3H3,(H,19,24)(H,21,23). The third kappa shape index (κ3) is 4.15. The summed E-state index contributed by atoms with van der Waals surface area (Å²) in [6.45, 7) is 7.00. The molecule has 0 aliphatic carbocycles. The third-order valence-corrected chi connectivity index (χ3v) is 4.20. The summed E-state index contributed by atoms with van der Waals surface area (Å²) in [5, 5.41) is 10.5. The maximum atomic E-state index is 12.6. The summed E-state index contributed by atoms with van der Waals surface area (Å²) in [5.74, 6) is -0.433. The number of hydrogen-bond acceptors (Lipinski definition) is 5. The van der Waals surface area contributed by atoms with Crippen LogP contribution in [0.25, 0.3) is 11.1 Å². The molecular weight excluding hydrogens is 320 g/mol. The summed E-state index contributed by atoms with van der Waals surface area (Å²) in [6.07, 6.45) is 4.66. The van der Waals surface area contributed by atoms with Crippen molar-refractivity contribution in [3.63, 3.8) is 0 Å². The van der Waals surface area contributed by atoms with Gasteiger partial charge in [-0.25, -0.2) is 4.98 Å². The highest BCUT2D eigenvalue weighted by Gasteiger charge is 2.24. The molecule has 0 aromatic carbocycles. The Morgan fingerprint density at radius 1 is 1.40 bits per heavy atom. The number of rotatable bonds is 3. The van der Waals surface area contributed by atoms with Crippen LogP contribution in [0.15, 0.2) is 16.8 Å². The average Bonchev–Trinajstić information content (AvgIpc) is 2.81. The van der Waals surface area contributed by atoms with E-state index in [9.17, 15) is 9.59 Å². The van der Waals surface area contributed by atoms with Crippen LogP contribution >= 0.6 is 0 Å². The highest BCUT2D eigenvalue weighted by Crippen LogP contribution is 2.25. The summed E-state index contributed by atoms with van der Waals surface area (Å²) >= 11 is 0. The van der Waals surface area contributed by atoms with Crippen LogP contribution in [0.1, 0.15) is 56.1 Å². The van der Waals surface area contributed by atoms with E-state index in [-0.39, 0.29) is 17.2 Å². The Labute approximate surface area is 146 Å². The molecule has 7 nitrogen and oxygen atoms in total. The van der Waals surface area contributed by atoms with Gasteiger partial charge < -0.3 is 15.2 Å². The molecule has 2 aromatic rings. The molecule has 1 aliphatic heterocycles. The Balaban J connectivity index is 1.81. The zero-order valence-corrected chi connectivity index (χ0v) is 14.9. The molecule has 2 amide bonds. The van der Waals surface area contributed by atoms with Crippen molar-refractivity contribution in [2.75, 3.05) is 6.54 Å². The van der Waals surface area contributed by atoms with Crippen molar-refractivity contribution in [2.45, 2.75) is 52.5 Å². The van der Waals surface area contributed by atoms with E-state index >= 15 is 0 Å². The summed E-state index contributed by atoms with van der Waals surface area (Å²) in [6, 6.07) is 1.24. The highest BCUT2D eigenvalue weighted by molar-refractivity contribution is 5.99. The number of nitrogens with one attached hydrogen (secondary N) is 2. The molecule has 1 saturated heterocycles. The van der Waals surface area contributed by atoms with E-state index in [0.29, 0.717) is 24.2 Å². The van der Waals surface area contributed by atoms with E-state index in [0.717, 1.165) is 30.3 Å². The molecule has 3 rings (SSSR count). The molecule has 0 saturated carbocycles. The van der Waals surface area contributed by atoms with Gasteiger partial charge in [0.25, 0.3) is 11.6 Å². The molecule has 3 heterocycles. The second-order valence-corrected chi connectivity index (χ2v) is 7.76. The van der Waals surface area contributed by atoms with Crippen LogP contribution < -0.4 is 10.6 Å². The van der Waals surface area contributed by atoms with Gasteiger partial charge in [0.05, 0.1) is 16.6 Å². The SMILES string of the molecule is CC(C)(C)Cc1noc2ncc(C(=O)NC3CCCCNC3=O)cc12. The van der Waals surface area contributed by atoms with Crippen molar-refractivity contribution in [3.05, 3.63) is 23.5 Å². The highest BCUT2D eigenvalue weighted by atomic mass is 16.5. The maximum absolute atomic E-state index is 12.6.